The Bertz CT molecular complexity index is 950. The fourth-order valence-electron chi connectivity index (χ4n) is 2.40. The molecule has 3 rings (SSSR count). The number of hydrogen-bond acceptors (Lipinski definition) is 8. The topological polar surface area (TPSA) is 120 Å². The minimum atomic E-state index is 0.141. The number of nitrogens with two attached hydrogens (primary N) is 1. The molecule has 0 saturated heterocycles. The van der Waals surface area contributed by atoms with Crippen molar-refractivity contribution in [1.29, 1.82) is 0 Å². The highest BCUT2D eigenvalue weighted by atomic mass is 16.6. The van der Waals surface area contributed by atoms with Crippen LogP contribution < -0.4 is 5.73 Å². The van der Waals surface area contributed by atoms with E-state index in [-0.39, 0.29) is 5.82 Å². The summed E-state index contributed by atoms with van der Waals surface area (Å²) >= 11 is 0. The lowest BCUT2D eigenvalue weighted by molar-refractivity contribution is 0.306. The third-order valence-corrected chi connectivity index (χ3v) is 3.95. The molecular weight excluding hydrogens is 332 g/mol. The van der Waals surface area contributed by atoms with Gasteiger partial charge in [0.25, 0.3) is 0 Å². The summed E-state index contributed by atoms with van der Waals surface area (Å²) in [6.07, 6.45) is 1.70. The number of hydrogen-bond donors (Lipinski definition) is 1. The molecule has 2 heterocycles. The van der Waals surface area contributed by atoms with E-state index in [1.165, 1.54) is 10.2 Å². The molecule has 0 aliphatic rings. The van der Waals surface area contributed by atoms with Gasteiger partial charge in [0.2, 0.25) is 11.6 Å². The quantitative estimate of drug-likeness (QED) is 0.556. The first kappa shape index (κ1) is 17.5. The Morgan fingerprint density at radius 1 is 1.23 bits per heavy atom. The molecule has 0 aliphatic heterocycles. The zero-order valence-corrected chi connectivity index (χ0v) is 15.1. The first-order chi connectivity index (χ1) is 12.5. The molecule has 26 heavy (non-hydrogen) atoms. The van der Waals surface area contributed by atoms with Gasteiger partial charge in [0, 0.05) is 0 Å². The molecule has 9 heteroatoms. The number of nitrogens with zero attached hydrogens (tertiary/aromatic N) is 7. The van der Waals surface area contributed by atoms with E-state index >= 15 is 0 Å². The maximum absolute atomic E-state index is 5.69. The van der Waals surface area contributed by atoms with Gasteiger partial charge in [-0.1, -0.05) is 43.3 Å². The average molecular weight is 352 g/mol. The van der Waals surface area contributed by atoms with Crippen LogP contribution >= 0.6 is 0 Å². The molecule has 2 aromatic heterocycles. The summed E-state index contributed by atoms with van der Waals surface area (Å²) in [4.78, 5) is 0. The van der Waals surface area contributed by atoms with Gasteiger partial charge in [-0.05, 0) is 41.2 Å². The van der Waals surface area contributed by atoms with Gasteiger partial charge in [0.05, 0.1) is 17.6 Å². The predicted octanol–water partition coefficient (Wildman–Crippen LogP) is 2.51. The van der Waals surface area contributed by atoms with E-state index in [0.29, 0.717) is 28.8 Å². The van der Waals surface area contributed by atoms with Gasteiger partial charge < -0.3 is 5.73 Å². The van der Waals surface area contributed by atoms with Gasteiger partial charge in [-0.2, -0.15) is 14.9 Å². The van der Waals surface area contributed by atoms with Crippen LogP contribution in [0.3, 0.4) is 0 Å². The van der Waals surface area contributed by atoms with Crippen LogP contribution in [0.5, 0.6) is 0 Å². The molecule has 134 valence electrons. The second-order valence-corrected chi connectivity index (χ2v) is 6.16. The number of rotatable bonds is 5. The zero-order chi connectivity index (χ0) is 18.7. The highest BCUT2D eigenvalue weighted by Crippen LogP contribution is 2.16. The van der Waals surface area contributed by atoms with Crippen molar-refractivity contribution in [3.05, 3.63) is 46.8 Å². The smallest absolute Gasteiger partial charge is 0.243 e. The molecule has 0 fully saturated rings. The van der Waals surface area contributed by atoms with Crippen LogP contribution in [0.1, 0.15) is 49.2 Å². The molecule has 1 aromatic carbocycles. The third-order valence-electron chi connectivity index (χ3n) is 3.95. The number of benzene rings is 1. The fourth-order valence-corrected chi connectivity index (χ4v) is 2.40. The molecule has 0 radical (unpaired) electrons. The summed E-state index contributed by atoms with van der Waals surface area (Å²) in [5.41, 5.74) is 9.89. The van der Waals surface area contributed by atoms with Crippen molar-refractivity contribution in [1.82, 2.24) is 25.3 Å². The lowest BCUT2D eigenvalue weighted by Gasteiger charge is -2.04. The Balaban J connectivity index is 1.78. The van der Waals surface area contributed by atoms with Crippen LogP contribution in [-0.2, 0) is 0 Å². The molecule has 0 atom stereocenters. The Hall–Kier alpha value is -3.36. The molecule has 0 bridgehead atoms. The van der Waals surface area contributed by atoms with Crippen molar-refractivity contribution in [3.63, 3.8) is 0 Å². The SMILES string of the molecule is C/C(=N/N=C\c1ccc(C(C)C)cc1)c1nnn(-c2nonc2N)c1C. The Morgan fingerprint density at radius 3 is 2.58 bits per heavy atom. The van der Waals surface area contributed by atoms with Gasteiger partial charge >= 0.3 is 0 Å². The van der Waals surface area contributed by atoms with E-state index in [1.54, 1.807) is 6.21 Å². The van der Waals surface area contributed by atoms with Crippen molar-refractivity contribution < 1.29 is 4.63 Å². The number of anilines is 1. The molecule has 0 spiro atoms. The van der Waals surface area contributed by atoms with Crippen LogP contribution in [-0.4, -0.2) is 37.2 Å². The van der Waals surface area contributed by atoms with E-state index in [0.717, 1.165) is 5.56 Å². The molecule has 9 nitrogen and oxygen atoms in total. The Kier molecular flexibility index (Phi) is 4.87. The van der Waals surface area contributed by atoms with Crippen molar-refractivity contribution >= 4 is 17.7 Å². The first-order valence-electron chi connectivity index (χ1n) is 8.16. The molecule has 0 aliphatic carbocycles. The van der Waals surface area contributed by atoms with Crippen LogP contribution in [0, 0.1) is 6.92 Å². The molecule has 0 saturated carbocycles. The van der Waals surface area contributed by atoms with Crippen molar-refractivity contribution in [2.45, 2.75) is 33.6 Å². The summed E-state index contributed by atoms with van der Waals surface area (Å²) in [7, 11) is 0. The van der Waals surface area contributed by atoms with E-state index in [9.17, 15) is 0 Å². The average Bonchev–Trinajstić information content (AvgIpc) is 3.20. The first-order valence-corrected chi connectivity index (χ1v) is 8.16. The number of nitrogen functional groups attached to an aromatic ring is 1. The third kappa shape index (κ3) is 3.51. The Labute approximate surface area is 150 Å². The number of aromatic nitrogens is 5. The molecular formula is C17H20N8O. The Morgan fingerprint density at radius 2 is 1.96 bits per heavy atom. The van der Waals surface area contributed by atoms with Crippen molar-refractivity contribution in [2.75, 3.05) is 5.73 Å². The predicted molar refractivity (Wildman–Crippen MR) is 98.7 cm³/mol. The minimum Gasteiger partial charge on any atom is -0.378 e. The van der Waals surface area contributed by atoms with E-state index < -0.39 is 0 Å². The maximum atomic E-state index is 5.69. The van der Waals surface area contributed by atoms with E-state index in [2.05, 4.69) is 61.4 Å². The van der Waals surface area contributed by atoms with Gasteiger partial charge in [0.15, 0.2) is 0 Å². The monoisotopic (exact) mass is 352 g/mol. The lowest BCUT2D eigenvalue weighted by atomic mass is 10.0. The van der Waals surface area contributed by atoms with E-state index in [4.69, 9.17) is 5.73 Å². The molecule has 3 aromatic rings. The summed E-state index contributed by atoms with van der Waals surface area (Å²) in [6.45, 7) is 7.96. The fraction of sp³-hybridized carbons (Fsp3) is 0.294. The van der Waals surface area contributed by atoms with Crippen molar-refractivity contribution in [3.8, 4) is 5.82 Å². The van der Waals surface area contributed by atoms with Gasteiger partial charge in [-0.15, -0.1) is 5.10 Å². The maximum Gasteiger partial charge on any atom is 0.243 e. The lowest BCUT2D eigenvalue weighted by Crippen LogP contribution is -2.04. The largest absolute Gasteiger partial charge is 0.378 e. The van der Waals surface area contributed by atoms with Crippen molar-refractivity contribution in [2.24, 2.45) is 10.2 Å². The minimum absolute atomic E-state index is 0.141. The highest BCUT2D eigenvalue weighted by Gasteiger charge is 2.17. The van der Waals surface area contributed by atoms with Gasteiger partial charge in [0.1, 0.15) is 5.69 Å². The summed E-state index contributed by atoms with van der Waals surface area (Å²) < 4.78 is 6.05. The zero-order valence-electron chi connectivity index (χ0n) is 15.1. The normalized spacial score (nSPS) is 12.4. The van der Waals surface area contributed by atoms with Crippen LogP contribution in [0.25, 0.3) is 5.82 Å². The van der Waals surface area contributed by atoms with Gasteiger partial charge in [-0.25, -0.2) is 4.63 Å². The molecule has 2 N–H and O–H groups in total. The highest BCUT2D eigenvalue weighted by molar-refractivity contribution is 5.98. The second kappa shape index (κ2) is 7.26. The summed E-state index contributed by atoms with van der Waals surface area (Å²) in [5.74, 6) is 0.936. The van der Waals surface area contributed by atoms with Gasteiger partial charge in [-0.3, -0.25) is 0 Å². The van der Waals surface area contributed by atoms with E-state index in [1.807, 2.05) is 26.0 Å². The summed E-state index contributed by atoms with van der Waals surface area (Å²) in [6, 6.07) is 8.22. The second-order valence-electron chi connectivity index (χ2n) is 6.16. The molecule has 0 unspecified atom stereocenters. The standard InChI is InChI=1S/C17H20N8O/c1-10(2)14-7-5-13(6-8-14)9-19-20-11(3)15-12(4)25(24-21-15)17-16(18)22-26-23-17/h5-10H,1-4H3,(H2,18,22)/b19-9-,20-11-. The van der Waals surface area contributed by atoms with Crippen LogP contribution in [0.4, 0.5) is 5.82 Å². The van der Waals surface area contributed by atoms with Crippen LogP contribution in [0.2, 0.25) is 0 Å². The summed E-state index contributed by atoms with van der Waals surface area (Å²) in [5, 5.41) is 23.7. The molecule has 0 amide bonds. The van der Waals surface area contributed by atoms with Crippen LogP contribution in [0.15, 0.2) is 39.1 Å².